The van der Waals surface area contributed by atoms with Gasteiger partial charge < -0.3 is 4.55 Å². The molecule has 0 bridgehead atoms. The molecular weight excluding hydrogens is 458 g/mol. The van der Waals surface area contributed by atoms with E-state index >= 15 is 0 Å². The standard InChI is InChI=1S/C8H10O3S.C8H14.C8H10.CH5P.2CH4.Na/c1-6-3-4-7(2)8(5-6)12(9,10)11;2*1-7-3-5-8(2)6-4-7;1-2;;;/h3-5H,1-2H3,(H,9,10,11);3,5,7-8H,4,6H2,1-2H3;3-6H,1-2H3;2H2,1H3;2*1H4;/q;;;;;;+1/p-1/i;;;2D;;;. The first-order valence-corrected chi connectivity index (χ1v) is 12.6. The first-order valence-electron chi connectivity index (χ1n) is 10.7. The van der Waals surface area contributed by atoms with Gasteiger partial charge in [-0.05, 0) is 69.6 Å². The molecular formula is C27H46NaO3PS. The molecule has 6 heteroatoms. The maximum atomic E-state index is 10.7. The third kappa shape index (κ3) is 18.5. The molecule has 2 aromatic carbocycles. The summed E-state index contributed by atoms with van der Waals surface area (Å²) in [5, 5.41) is 0. The average molecular weight is 506 g/mol. The van der Waals surface area contributed by atoms with Gasteiger partial charge in [-0.25, -0.2) is 8.42 Å². The van der Waals surface area contributed by atoms with Crippen molar-refractivity contribution in [2.45, 2.75) is 74.1 Å². The van der Waals surface area contributed by atoms with Gasteiger partial charge in [0.1, 0.15) is 10.1 Å². The van der Waals surface area contributed by atoms with Crippen LogP contribution >= 0.6 is 9.18 Å². The smallest absolute Gasteiger partial charge is 0.744 e. The van der Waals surface area contributed by atoms with Gasteiger partial charge in [-0.15, -0.1) is 9.18 Å². The zero-order valence-corrected chi connectivity index (χ0v) is 24.2. The van der Waals surface area contributed by atoms with E-state index in [1.807, 2.05) is 6.66 Å². The Labute approximate surface area is 231 Å². The van der Waals surface area contributed by atoms with Crippen molar-refractivity contribution in [3.63, 3.8) is 0 Å². The summed E-state index contributed by atoms with van der Waals surface area (Å²) in [5.74, 6) is 1.68. The molecule has 0 heterocycles. The van der Waals surface area contributed by atoms with Gasteiger partial charge in [0.05, 0.1) is 6.17 Å². The Balaban J connectivity index is -0.000000184. The van der Waals surface area contributed by atoms with Crippen molar-refractivity contribution in [3.05, 3.63) is 76.9 Å². The van der Waals surface area contributed by atoms with Gasteiger partial charge in [0.15, 0.2) is 0 Å². The Morgan fingerprint density at radius 3 is 1.45 bits per heavy atom. The van der Waals surface area contributed by atoms with E-state index in [9.17, 15) is 13.0 Å². The fourth-order valence-corrected chi connectivity index (χ4v) is 3.50. The fraction of sp³-hybridized carbons (Fsp3) is 0.481. The minimum Gasteiger partial charge on any atom is -0.744 e. The van der Waals surface area contributed by atoms with Crippen molar-refractivity contribution in [1.82, 2.24) is 0 Å². The van der Waals surface area contributed by atoms with Crippen LogP contribution in [-0.4, -0.2) is 20.9 Å². The van der Waals surface area contributed by atoms with Gasteiger partial charge in [-0.3, -0.25) is 0 Å². The second kappa shape index (κ2) is 20.9. The van der Waals surface area contributed by atoms with Crippen molar-refractivity contribution in [1.29, 1.82) is 1.28 Å². The first-order chi connectivity index (χ1) is 14.4. The summed E-state index contributed by atoms with van der Waals surface area (Å²) >= 11 is 0. The van der Waals surface area contributed by atoms with Crippen LogP contribution in [-0.2, 0) is 10.1 Å². The van der Waals surface area contributed by atoms with Crippen molar-refractivity contribution in [2.24, 2.45) is 11.8 Å². The summed E-state index contributed by atoms with van der Waals surface area (Å²) in [4.78, 5) is -0.123. The summed E-state index contributed by atoms with van der Waals surface area (Å²) in [6, 6.07) is 13.3. The van der Waals surface area contributed by atoms with Crippen LogP contribution in [0.5, 0.6) is 0 Å². The van der Waals surface area contributed by atoms with E-state index in [0.717, 1.165) is 17.4 Å². The Kier molecular flexibility index (Phi) is 23.4. The van der Waals surface area contributed by atoms with Gasteiger partial charge in [0, 0.05) is 0 Å². The molecule has 3 unspecified atom stereocenters. The quantitative estimate of drug-likeness (QED) is 0.240. The summed E-state index contributed by atoms with van der Waals surface area (Å²) in [7, 11) is -3.97. The molecule has 1 aliphatic rings. The second-order valence-electron chi connectivity index (χ2n) is 7.79. The van der Waals surface area contributed by atoms with Crippen LogP contribution in [0.3, 0.4) is 0 Å². The molecule has 184 valence electrons. The molecule has 3 nitrogen and oxygen atoms in total. The summed E-state index contributed by atoms with van der Waals surface area (Å²) in [6.07, 6.45) is 7.43. The summed E-state index contributed by atoms with van der Waals surface area (Å²) in [6.45, 7) is 13.9. The minimum absolute atomic E-state index is 0. The maximum absolute atomic E-state index is 10.7. The molecule has 0 aromatic heterocycles. The zero-order chi connectivity index (χ0) is 24.0. The molecule has 3 atom stereocenters. The van der Waals surface area contributed by atoms with Gasteiger partial charge in [0.25, 0.3) is 0 Å². The van der Waals surface area contributed by atoms with E-state index < -0.39 is 10.1 Å². The molecule has 0 saturated carbocycles. The van der Waals surface area contributed by atoms with Crippen molar-refractivity contribution in [2.75, 3.05) is 6.66 Å². The topological polar surface area (TPSA) is 57.2 Å². The van der Waals surface area contributed by atoms with Gasteiger partial charge >= 0.3 is 29.6 Å². The Bertz CT molecular complexity index is 868. The van der Waals surface area contributed by atoms with Crippen LogP contribution in [0.2, 0.25) is 0 Å². The number of hydrogen-bond donors (Lipinski definition) is 0. The number of rotatable bonds is 1. The molecule has 33 heavy (non-hydrogen) atoms. The monoisotopic (exact) mass is 505 g/mol. The number of allylic oxidation sites excluding steroid dienone is 2. The number of hydrogen-bond acceptors (Lipinski definition) is 3. The van der Waals surface area contributed by atoms with Crippen molar-refractivity contribution in [3.8, 4) is 0 Å². The molecule has 1 aliphatic carbocycles. The molecule has 0 amide bonds. The van der Waals surface area contributed by atoms with Crippen molar-refractivity contribution >= 4 is 19.3 Å². The molecule has 0 aliphatic heterocycles. The predicted molar refractivity (Wildman–Crippen MR) is 146 cm³/mol. The van der Waals surface area contributed by atoms with Gasteiger partial charge in [-0.1, -0.05) is 95.0 Å². The maximum Gasteiger partial charge on any atom is 1.00 e. The molecule has 3 rings (SSSR count). The van der Waals surface area contributed by atoms with E-state index in [2.05, 4.69) is 64.1 Å². The van der Waals surface area contributed by atoms with Crippen molar-refractivity contribution < 1.29 is 42.5 Å². The Morgan fingerprint density at radius 1 is 0.848 bits per heavy atom. The molecule has 0 saturated heterocycles. The Hall–Kier alpha value is -0.480. The molecule has 0 spiro atoms. The van der Waals surface area contributed by atoms with Crippen LogP contribution < -0.4 is 29.6 Å². The van der Waals surface area contributed by atoms with E-state index in [0.29, 0.717) is 14.7 Å². The van der Waals surface area contributed by atoms with E-state index in [1.54, 1.807) is 26.0 Å². The van der Waals surface area contributed by atoms with Crippen LogP contribution in [0, 0.1) is 39.5 Å². The third-order valence-electron chi connectivity index (χ3n) is 4.68. The third-order valence-corrected chi connectivity index (χ3v) is 5.66. The predicted octanol–water partition coefficient (Wildman–Crippen LogP) is 4.89. The summed E-state index contributed by atoms with van der Waals surface area (Å²) in [5.41, 5.74) is 3.93. The largest absolute Gasteiger partial charge is 1.00 e. The molecule has 2 aromatic rings. The van der Waals surface area contributed by atoms with Gasteiger partial charge in [-0.2, -0.15) is 0 Å². The normalized spacial score (nSPS) is 16.5. The first kappa shape index (κ1) is 37.1. The molecule has 0 radical (unpaired) electrons. The van der Waals surface area contributed by atoms with Gasteiger partial charge in [0.2, 0.25) is 0 Å². The molecule has 0 N–H and O–H groups in total. The SMILES string of the molecule is C.C.CC1C=CC(C)CC1.Cc1ccc(C)c(S(=O)(=O)[O-])c1.Cc1ccc(C)cc1.[2H]PC.[Na+]. The van der Waals surface area contributed by atoms with E-state index in [1.165, 1.54) is 30.0 Å². The molecule has 0 fully saturated rings. The van der Waals surface area contributed by atoms with Crippen LogP contribution in [0.25, 0.3) is 0 Å². The number of benzene rings is 2. The second-order valence-corrected chi connectivity index (χ2v) is 9.14. The summed E-state index contributed by atoms with van der Waals surface area (Å²) < 4.78 is 38.2. The fourth-order valence-electron chi connectivity index (χ4n) is 2.71. The van der Waals surface area contributed by atoms with E-state index in [-0.39, 0.29) is 49.3 Å². The zero-order valence-electron chi connectivity index (χ0n) is 21.4. The average Bonchev–Trinajstić information content (AvgIpc) is 2.69. The van der Waals surface area contributed by atoms with Crippen LogP contribution in [0.1, 0.15) is 63.8 Å². The van der Waals surface area contributed by atoms with Crippen LogP contribution in [0.15, 0.2) is 59.5 Å². The Morgan fingerprint density at radius 2 is 1.18 bits per heavy atom. The minimum atomic E-state index is -4.31. The van der Waals surface area contributed by atoms with E-state index in [4.69, 9.17) is 1.28 Å². The number of aryl methyl sites for hydroxylation is 4. The van der Waals surface area contributed by atoms with Crippen LogP contribution in [0.4, 0.5) is 0 Å².